The van der Waals surface area contributed by atoms with Crippen molar-refractivity contribution in [3.63, 3.8) is 0 Å². The van der Waals surface area contributed by atoms with Gasteiger partial charge < -0.3 is 15.2 Å². The smallest absolute Gasteiger partial charge is 0.251 e. The number of nitrogens with one attached hydrogen (secondary N) is 2. The molecule has 1 fully saturated rings. The van der Waals surface area contributed by atoms with Gasteiger partial charge >= 0.3 is 0 Å². The number of aromatic nitrogens is 1. The van der Waals surface area contributed by atoms with Crippen molar-refractivity contribution in [1.29, 1.82) is 0 Å². The van der Waals surface area contributed by atoms with Crippen molar-refractivity contribution in [1.82, 2.24) is 15.2 Å². The number of aryl methyl sites for hydroxylation is 2. The van der Waals surface area contributed by atoms with E-state index in [0.717, 1.165) is 47.8 Å². The first-order valence-corrected chi connectivity index (χ1v) is 16.4. The van der Waals surface area contributed by atoms with Gasteiger partial charge in [-0.25, -0.2) is 8.42 Å². The number of carbonyl (C=O) groups excluding carboxylic acids is 1. The lowest BCUT2D eigenvalue weighted by Gasteiger charge is -2.28. The molecule has 1 aromatic heterocycles. The minimum Gasteiger partial charge on any atom is -0.347 e. The number of amides is 1. The molecule has 2 N–H and O–H groups in total. The van der Waals surface area contributed by atoms with Crippen molar-refractivity contribution >= 4 is 32.5 Å². The summed E-state index contributed by atoms with van der Waals surface area (Å²) in [5, 5.41) is 11.0. The van der Waals surface area contributed by atoms with Gasteiger partial charge in [0.05, 0.1) is 23.0 Å². The number of carbonyl (C=O) groups is 1. The molecule has 9 nitrogen and oxygen atoms in total. The summed E-state index contributed by atoms with van der Waals surface area (Å²) < 4.78 is 29.4. The van der Waals surface area contributed by atoms with E-state index in [-0.39, 0.29) is 11.7 Å². The van der Waals surface area contributed by atoms with Crippen molar-refractivity contribution in [2.45, 2.75) is 83.0 Å². The molecule has 1 saturated carbocycles. The molecule has 10 heteroatoms. The van der Waals surface area contributed by atoms with Gasteiger partial charge in [-0.3, -0.25) is 9.10 Å². The van der Waals surface area contributed by atoms with E-state index in [2.05, 4.69) is 27.3 Å². The van der Waals surface area contributed by atoms with E-state index < -0.39 is 22.1 Å². The Morgan fingerprint density at radius 1 is 1.12 bits per heavy atom. The van der Waals surface area contributed by atoms with Crippen LogP contribution in [0.5, 0.6) is 0 Å². The Hall–Kier alpha value is -3.24. The molecule has 1 aliphatic heterocycles. The third-order valence-electron chi connectivity index (χ3n) is 8.59. The monoisotopic (exact) mass is 579 g/mol. The van der Waals surface area contributed by atoms with Gasteiger partial charge in [-0.1, -0.05) is 61.7 Å². The summed E-state index contributed by atoms with van der Waals surface area (Å²) in [5.74, 6) is -0.332. The lowest BCUT2D eigenvalue weighted by molar-refractivity contribution is 0.0930. The van der Waals surface area contributed by atoms with Gasteiger partial charge in [-0.15, -0.1) is 0 Å². The van der Waals surface area contributed by atoms with Crippen LogP contribution in [0.25, 0.3) is 10.9 Å². The molecule has 5 rings (SSSR count). The molecule has 2 atom stereocenters. The summed E-state index contributed by atoms with van der Waals surface area (Å²) in [7, 11) is -1.97. The lowest BCUT2D eigenvalue weighted by Crippen LogP contribution is -2.49. The van der Waals surface area contributed by atoms with E-state index in [1.165, 1.54) is 23.6 Å². The van der Waals surface area contributed by atoms with Crippen molar-refractivity contribution in [2.75, 3.05) is 23.7 Å². The average Bonchev–Trinajstić information content (AvgIpc) is 3.29. The predicted octanol–water partition coefficient (Wildman–Crippen LogP) is 4.77. The Balaban J connectivity index is 1.47. The normalized spacial score (nSPS) is 18.5. The van der Waals surface area contributed by atoms with Crippen LogP contribution in [-0.2, 0) is 29.4 Å². The highest BCUT2D eigenvalue weighted by atomic mass is 32.2. The molecule has 220 valence electrons. The van der Waals surface area contributed by atoms with Crippen LogP contribution in [0.1, 0.15) is 66.9 Å². The van der Waals surface area contributed by atoms with E-state index >= 15 is 0 Å². The number of hydrogen-bond acceptors (Lipinski definition) is 6. The van der Waals surface area contributed by atoms with Gasteiger partial charge in [0.1, 0.15) is 6.04 Å². The fraction of sp³-hybridized carbons (Fsp3) is 0.516. The van der Waals surface area contributed by atoms with Gasteiger partial charge in [0, 0.05) is 43.3 Å². The van der Waals surface area contributed by atoms with E-state index in [4.69, 9.17) is 0 Å². The number of benzene rings is 2. The van der Waals surface area contributed by atoms with Crippen molar-refractivity contribution in [3.05, 3.63) is 70.3 Å². The number of nitroso groups, excluding NO2 is 1. The second-order valence-electron chi connectivity index (χ2n) is 11.5. The first-order valence-electron chi connectivity index (χ1n) is 14.8. The third-order valence-corrected chi connectivity index (χ3v) is 10.3. The topological polar surface area (TPSA) is 113 Å². The molecule has 2 aromatic carbocycles. The maximum Gasteiger partial charge on any atom is 0.251 e. The molecule has 1 unspecified atom stereocenters. The highest BCUT2D eigenvalue weighted by Gasteiger charge is 2.31. The van der Waals surface area contributed by atoms with Crippen LogP contribution in [0.4, 0.5) is 5.69 Å². The Labute approximate surface area is 242 Å². The first-order chi connectivity index (χ1) is 19.8. The molecule has 3 aromatic rings. The second kappa shape index (κ2) is 12.7. The molecule has 2 aliphatic rings. The number of anilines is 1. The Bertz CT molecular complexity index is 1480. The van der Waals surface area contributed by atoms with Crippen molar-refractivity contribution < 1.29 is 13.2 Å². The zero-order valence-corrected chi connectivity index (χ0v) is 24.8. The van der Waals surface area contributed by atoms with Crippen LogP contribution in [0, 0.1) is 4.91 Å². The molecule has 0 radical (unpaired) electrons. The zero-order valence-electron chi connectivity index (χ0n) is 24.0. The summed E-state index contributed by atoms with van der Waals surface area (Å²) in [4.78, 5) is 26.0. The van der Waals surface area contributed by atoms with Gasteiger partial charge in [0.15, 0.2) is 0 Å². The quantitative estimate of drug-likeness (QED) is 0.318. The standard InChI is InChI=1S/C31H41N5O4S/c1-3-15-36-21-23-14-16-41(39,40)35(2)28-18-24(19-29(36)30(23)28)31(37)33-26(17-22-10-6-4-7-11-22)27(34-38)20-32-25-12-8-5-9-13-25/h4,6-7,10-11,18-19,21,25-27,32H,3,5,8-9,12-17,20H2,1-2H3,(H,33,37)/t26-,27?/m0/s1. The molecule has 2 heterocycles. The number of hydrogen-bond donors (Lipinski definition) is 2. The van der Waals surface area contributed by atoms with Crippen LogP contribution in [0.15, 0.2) is 53.8 Å². The number of nitrogens with zero attached hydrogens (tertiary/aromatic N) is 3. The van der Waals surface area contributed by atoms with Crippen molar-refractivity contribution in [3.8, 4) is 0 Å². The summed E-state index contributed by atoms with van der Waals surface area (Å²) in [5.41, 5.74) is 3.69. The zero-order chi connectivity index (χ0) is 29.0. The fourth-order valence-corrected chi connectivity index (χ4v) is 7.46. The highest BCUT2D eigenvalue weighted by molar-refractivity contribution is 7.92. The number of rotatable bonds is 11. The third kappa shape index (κ3) is 6.48. The summed E-state index contributed by atoms with van der Waals surface area (Å²) in [6.07, 6.45) is 9.58. The molecule has 41 heavy (non-hydrogen) atoms. The highest BCUT2D eigenvalue weighted by Crippen LogP contribution is 2.37. The minimum absolute atomic E-state index is 0.0186. The largest absolute Gasteiger partial charge is 0.347 e. The average molecular weight is 580 g/mol. The van der Waals surface area contributed by atoms with Crippen molar-refractivity contribution in [2.24, 2.45) is 5.18 Å². The summed E-state index contributed by atoms with van der Waals surface area (Å²) in [6.45, 7) is 3.24. The fourth-order valence-electron chi connectivity index (χ4n) is 6.26. The van der Waals surface area contributed by atoms with Crippen LogP contribution in [0.3, 0.4) is 0 Å². The molecule has 0 saturated heterocycles. The molecule has 0 spiro atoms. The minimum atomic E-state index is -3.52. The molecular weight excluding hydrogens is 538 g/mol. The molecular formula is C31H41N5O4S. The lowest BCUT2D eigenvalue weighted by atomic mass is 9.94. The van der Waals surface area contributed by atoms with E-state index in [1.54, 1.807) is 13.1 Å². The SMILES string of the molecule is CCCn1cc2c3c(cc(C(=O)N[C@@H](Cc4ccccc4)C(CNC4CCCCC4)N=O)cc31)N(C)S(=O)(=O)CC2. The molecule has 0 bridgehead atoms. The maximum absolute atomic E-state index is 13.9. The first kappa shape index (κ1) is 29.3. The van der Waals surface area contributed by atoms with Gasteiger partial charge in [0.25, 0.3) is 5.91 Å². The van der Waals surface area contributed by atoms with Crippen LogP contribution < -0.4 is 14.9 Å². The Morgan fingerprint density at radius 3 is 2.59 bits per heavy atom. The second-order valence-corrected chi connectivity index (χ2v) is 13.6. The Morgan fingerprint density at radius 2 is 1.88 bits per heavy atom. The van der Waals surface area contributed by atoms with Crippen LogP contribution in [-0.4, -0.2) is 56.4 Å². The van der Waals surface area contributed by atoms with Crippen LogP contribution >= 0.6 is 0 Å². The molecule has 1 amide bonds. The summed E-state index contributed by atoms with van der Waals surface area (Å²) >= 11 is 0. The van der Waals surface area contributed by atoms with Gasteiger partial charge in [0.2, 0.25) is 10.0 Å². The number of sulfonamides is 1. The molecule has 1 aliphatic carbocycles. The van der Waals surface area contributed by atoms with E-state index in [9.17, 15) is 18.1 Å². The van der Waals surface area contributed by atoms with Gasteiger partial charge in [-0.2, -0.15) is 4.91 Å². The predicted molar refractivity (Wildman–Crippen MR) is 164 cm³/mol. The summed E-state index contributed by atoms with van der Waals surface area (Å²) in [6, 6.07) is 12.5. The van der Waals surface area contributed by atoms with Crippen LogP contribution in [0.2, 0.25) is 0 Å². The van der Waals surface area contributed by atoms with E-state index in [1.807, 2.05) is 42.6 Å². The van der Waals surface area contributed by atoms with E-state index in [0.29, 0.717) is 36.7 Å². The maximum atomic E-state index is 13.9. The Kier molecular flexibility index (Phi) is 9.09. The van der Waals surface area contributed by atoms with Gasteiger partial charge in [-0.05, 0) is 55.4 Å².